The number of amides is 1. The van der Waals surface area contributed by atoms with E-state index in [1.807, 2.05) is 17.0 Å². The van der Waals surface area contributed by atoms with Crippen molar-refractivity contribution >= 4 is 11.6 Å². The molecule has 1 amide bonds. The SMILES string of the molecule is O=C(CCN1CCCCCC1)N1CCN(c2ccc(F)cc2)CC1. The summed E-state index contributed by atoms with van der Waals surface area (Å²) >= 11 is 0. The summed E-state index contributed by atoms with van der Waals surface area (Å²) in [5, 5.41) is 0. The van der Waals surface area contributed by atoms with Gasteiger partial charge in [-0.1, -0.05) is 12.8 Å². The monoisotopic (exact) mass is 333 g/mol. The van der Waals surface area contributed by atoms with Crippen LogP contribution in [0.5, 0.6) is 0 Å². The van der Waals surface area contributed by atoms with E-state index in [-0.39, 0.29) is 11.7 Å². The van der Waals surface area contributed by atoms with Crippen LogP contribution in [0.2, 0.25) is 0 Å². The minimum Gasteiger partial charge on any atom is -0.368 e. The third-order valence-corrected chi connectivity index (χ3v) is 5.16. The molecule has 1 aromatic rings. The summed E-state index contributed by atoms with van der Waals surface area (Å²) < 4.78 is 13.0. The minimum atomic E-state index is -0.207. The van der Waals surface area contributed by atoms with E-state index in [1.54, 1.807) is 0 Å². The summed E-state index contributed by atoms with van der Waals surface area (Å²) in [6.45, 7) is 6.35. The Bertz CT molecular complexity index is 518. The first kappa shape index (κ1) is 17.2. The highest BCUT2D eigenvalue weighted by molar-refractivity contribution is 5.76. The summed E-state index contributed by atoms with van der Waals surface area (Å²) in [6, 6.07) is 6.61. The fraction of sp³-hybridized carbons (Fsp3) is 0.632. The van der Waals surface area contributed by atoms with Gasteiger partial charge < -0.3 is 14.7 Å². The predicted molar refractivity (Wildman–Crippen MR) is 94.7 cm³/mol. The van der Waals surface area contributed by atoms with Crippen molar-refractivity contribution in [2.45, 2.75) is 32.1 Å². The summed E-state index contributed by atoms with van der Waals surface area (Å²) in [7, 11) is 0. The highest BCUT2D eigenvalue weighted by atomic mass is 19.1. The van der Waals surface area contributed by atoms with Crippen molar-refractivity contribution in [3.63, 3.8) is 0 Å². The first-order valence-electron chi connectivity index (χ1n) is 9.23. The number of likely N-dealkylation sites (tertiary alicyclic amines) is 1. The molecule has 0 aromatic heterocycles. The fourth-order valence-corrected chi connectivity index (χ4v) is 3.64. The van der Waals surface area contributed by atoms with Crippen LogP contribution in [0.25, 0.3) is 0 Å². The van der Waals surface area contributed by atoms with E-state index in [1.165, 1.54) is 37.8 Å². The zero-order valence-electron chi connectivity index (χ0n) is 14.4. The number of carbonyl (C=O) groups excluding carboxylic acids is 1. The number of piperazine rings is 1. The molecule has 3 rings (SSSR count). The van der Waals surface area contributed by atoms with Gasteiger partial charge in [0.1, 0.15) is 5.82 Å². The number of halogens is 1. The molecular formula is C19H28FN3O. The molecule has 132 valence electrons. The highest BCUT2D eigenvalue weighted by Gasteiger charge is 2.21. The zero-order chi connectivity index (χ0) is 16.8. The minimum absolute atomic E-state index is 0.207. The van der Waals surface area contributed by atoms with E-state index < -0.39 is 0 Å². The summed E-state index contributed by atoms with van der Waals surface area (Å²) in [6.07, 6.45) is 5.83. The van der Waals surface area contributed by atoms with Gasteiger partial charge in [0.25, 0.3) is 0 Å². The second-order valence-corrected chi connectivity index (χ2v) is 6.85. The van der Waals surface area contributed by atoms with Crippen LogP contribution in [0, 0.1) is 5.82 Å². The Hall–Kier alpha value is -1.62. The van der Waals surface area contributed by atoms with Crippen molar-refractivity contribution in [2.24, 2.45) is 0 Å². The summed E-state index contributed by atoms with van der Waals surface area (Å²) in [4.78, 5) is 19.1. The second kappa shape index (κ2) is 8.47. The molecule has 0 atom stereocenters. The van der Waals surface area contributed by atoms with E-state index in [4.69, 9.17) is 0 Å². The van der Waals surface area contributed by atoms with Crippen molar-refractivity contribution in [3.05, 3.63) is 30.1 Å². The highest BCUT2D eigenvalue weighted by Crippen LogP contribution is 2.17. The van der Waals surface area contributed by atoms with Crippen LogP contribution >= 0.6 is 0 Å². The maximum atomic E-state index is 13.0. The first-order valence-corrected chi connectivity index (χ1v) is 9.23. The molecule has 2 saturated heterocycles. The number of rotatable bonds is 4. The van der Waals surface area contributed by atoms with Crippen LogP contribution in [0.3, 0.4) is 0 Å². The van der Waals surface area contributed by atoms with Crippen molar-refractivity contribution in [2.75, 3.05) is 50.7 Å². The van der Waals surface area contributed by atoms with Gasteiger partial charge in [-0.05, 0) is 50.2 Å². The average Bonchev–Trinajstić information content (AvgIpc) is 2.89. The molecular weight excluding hydrogens is 305 g/mol. The predicted octanol–water partition coefficient (Wildman–Crippen LogP) is 2.74. The average molecular weight is 333 g/mol. The molecule has 4 nitrogen and oxygen atoms in total. The van der Waals surface area contributed by atoms with Gasteiger partial charge in [0.15, 0.2) is 0 Å². The number of anilines is 1. The van der Waals surface area contributed by atoms with Crippen molar-refractivity contribution in [3.8, 4) is 0 Å². The van der Waals surface area contributed by atoms with Crippen LogP contribution in [-0.4, -0.2) is 61.5 Å². The molecule has 0 spiro atoms. The molecule has 0 saturated carbocycles. The van der Waals surface area contributed by atoms with Gasteiger partial charge in [0, 0.05) is 44.8 Å². The van der Waals surface area contributed by atoms with E-state index in [0.29, 0.717) is 6.42 Å². The molecule has 0 unspecified atom stereocenters. The van der Waals surface area contributed by atoms with E-state index in [9.17, 15) is 9.18 Å². The Labute approximate surface area is 144 Å². The molecule has 2 heterocycles. The standard InChI is InChI=1S/C19H28FN3O/c20-17-5-7-18(8-6-17)22-13-15-23(16-14-22)19(24)9-12-21-10-3-1-2-4-11-21/h5-8H,1-4,9-16H2. The van der Waals surface area contributed by atoms with Gasteiger partial charge in [-0.15, -0.1) is 0 Å². The molecule has 2 fully saturated rings. The molecule has 0 aliphatic carbocycles. The Morgan fingerprint density at radius 1 is 0.875 bits per heavy atom. The van der Waals surface area contributed by atoms with Crippen LogP contribution in [0.1, 0.15) is 32.1 Å². The van der Waals surface area contributed by atoms with Gasteiger partial charge in [0.2, 0.25) is 5.91 Å². The van der Waals surface area contributed by atoms with E-state index in [0.717, 1.165) is 51.5 Å². The van der Waals surface area contributed by atoms with Crippen LogP contribution < -0.4 is 4.90 Å². The van der Waals surface area contributed by atoms with Crippen molar-refractivity contribution < 1.29 is 9.18 Å². The topological polar surface area (TPSA) is 26.8 Å². The van der Waals surface area contributed by atoms with Gasteiger partial charge in [-0.3, -0.25) is 4.79 Å². The van der Waals surface area contributed by atoms with Gasteiger partial charge in [0.05, 0.1) is 0 Å². The maximum Gasteiger partial charge on any atom is 0.223 e. The number of benzene rings is 1. The smallest absolute Gasteiger partial charge is 0.223 e. The third kappa shape index (κ3) is 4.69. The van der Waals surface area contributed by atoms with Crippen molar-refractivity contribution in [1.82, 2.24) is 9.80 Å². The molecule has 1 aromatic carbocycles. The Balaban J connectivity index is 1.42. The summed E-state index contributed by atoms with van der Waals surface area (Å²) in [5.74, 6) is 0.0686. The van der Waals surface area contributed by atoms with E-state index in [2.05, 4.69) is 9.80 Å². The number of hydrogen-bond acceptors (Lipinski definition) is 3. The lowest BCUT2D eigenvalue weighted by Crippen LogP contribution is -2.49. The first-order chi connectivity index (χ1) is 11.7. The Morgan fingerprint density at radius 3 is 2.12 bits per heavy atom. The number of nitrogens with zero attached hydrogens (tertiary/aromatic N) is 3. The Morgan fingerprint density at radius 2 is 1.50 bits per heavy atom. The normalized spacial score (nSPS) is 20.0. The lowest BCUT2D eigenvalue weighted by Gasteiger charge is -2.36. The summed E-state index contributed by atoms with van der Waals surface area (Å²) in [5.41, 5.74) is 1.04. The lowest BCUT2D eigenvalue weighted by molar-refractivity contribution is -0.131. The molecule has 0 N–H and O–H groups in total. The van der Waals surface area contributed by atoms with Crippen LogP contribution in [0.4, 0.5) is 10.1 Å². The molecule has 5 heteroatoms. The van der Waals surface area contributed by atoms with Crippen LogP contribution in [0.15, 0.2) is 24.3 Å². The fourth-order valence-electron chi connectivity index (χ4n) is 3.64. The van der Waals surface area contributed by atoms with Crippen LogP contribution in [-0.2, 0) is 4.79 Å². The quantitative estimate of drug-likeness (QED) is 0.848. The number of carbonyl (C=O) groups is 1. The molecule has 2 aliphatic rings. The van der Waals surface area contributed by atoms with Gasteiger partial charge in [-0.25, -0.2) is 4.39 Å². The maximum absolute atomic E-state index is 13.0. The Kier molecular flexibility index (Phi) is 6.07. The van der Waals surface area contributed by atoms with Crippen molar-refractivity contribution in [1.29, 1.82) is 0 Å². The molecule has 24 heavy (non-hydrogen) atoms. The number of hydrogen-bond donors (Lipinski definition) is 0. The second-order valence-electron chi connectivity index (χ2n) is 6.85. The molecule has 0 bridgehead atoms. The largest absolute Gasteiger partial charge is 0.368 e. The van der Waals surface area contributed by atoms with Gasteiger partial charge >= 0.3 is 0 Å². The van der Waals surface area contributed by atoms with E-state index >= 15 is 0 Å². The third-order valence-electron chi connectivity index (χ3n) is 5.16. The molecule has 2 aliphatic heterocycles. The lowest BCUT2D eigenvalue weighted by atomic mass is 10.2. The molecule has 0 radical (unpaired) electrons. The van der Waals surface area contributed by atoms with Gasteiger partial charge in [-0.2, -0.15) is 0 Å². The zero-order valence-corrected chi connectivity index (χ0v) is 14.4.